The van der Waals surface area contributed by atoms with Gasteiger partial charge in [-0.25, -0.2) is 0 Å². The van der Waals surface area contributed by atoms with E-state index in [1.165, 1.54) is 26.2 Å². The maximum Gasteiger partial charge on any atom is 0.0201 e. The first-order valence-electron chi connectivity index (χ1n) is 7.93. The molecule has 0 bridgehead atoms. The molecule has 0 amide bonds. The van der Waals surface area contributed by atoms with E-state index in [0.717, 1.165) is 11.8 Å². The van der Waals surface area contributed by atoms with Gasteiger partial charge in [-0.3, -0.25) is 9.80 Å². The molecule has 2 saturated heterocycles. The SMILES string of the molecule is CC(C)(C)N1C[C@@H]2CN(C(C)(C)C(C)(C)C)C[C@@H]2C1. The highest BCUT2D eigenvalue weighted by Crippen LogP contribution is 2.42. The maximum absolute atomic E-state index is 2.75. The summed E-state index contributed by atoms with van der Waals surface area (Å²) in [4.78, 5) is 5.44. The van der Waals surface area contributed by atoms with Crippen LogP contribution in [0.4, 0.5) is 0 Å². The third-order valence-electron chi connectivity index (χ3n) is 6.06. The predicted molar refractivity (Wildman–Crippen MR) is 83.4 cm³/mol. The smallest absolute Gasteiger partial charge is 0.0201 e. The number of nitrogens with zero attached hydrogens (tertiary/aromatic N) is 2. The molecule has 2 heteroatoms. The summed E-state index contributed by atoms with van der Waals surface area (Å²) < 4.78 is 0. The van der Waals surface area contributed by atoms with E-state index in [2.05, 4.69) is 65.2 Å². The van der Waals surface area contributed by atoms with Gasteiger partial charge in [0.2, 0.25) is 0 Å². The summed E-state index contributed by atoms with van der Waals surface area (Å²) in [6.45, 7) is 24.2. The Balaban J connectivity index is 2.02. The average Bonchev–Trinajstić information content (AvgIpc) is 2.69. The summed E-state index contributed by atoms with van der Waals surface area (Å²) in [6.07, 6.45) is 0. The van der Waals surface area contributed by atoms with Gasteiger partial charge in [0.1, 0.15) is 0 Å². The van der Waals surface area contributed by atoms with Crippen molar-refractivity contribution in [3.63, 3.8) is 0 Å². The summed E-state index contributed by atoms with van der Waals surface area (Å²) in [6, 6.07) is 0. The lowest BCUT2D eigenvalue weighted by molar-refractivity contribution is 0.0284. The van der Waals surface area contributed by atoms with Gasteiger partial charge in [0.15, 0.2) is 0 Å². The van der Waals surface area contributed by atoms with Crippen molar-refractivity contribution in [1.29, 1.82) is 0 Å². The van der Waals surface area contributed by atoms with Gasteiger partial charge < -0.3 is 0 Å². The van der Waals surface area contributed by atoms with Crippen LogP contribution in [0.5, 0.6) is 0 Å². The molecular weight excluding hydrogens is 232 g/mol. The molecule has 2 heterocycles. The van der Waals surface area contributed by atoms with Crippen molar-refractivity contribution in [1.82, 2.24) is 9.80 Å². The Kier molecular flexibility index (Phi) is 3.59. The minimum absolute atomic E-state index is 0.296. The molecule has 0 unspecified atom stereocenters. The van der Waals surface area contributed by atoms with Crippen molar-refractivity contribution < 1.29 is 0 Å². The molecule has 0 radical (unpaired) electrons. The minimum atomic E-state index is 0.296. The lowest BCUT2D eigenvalue weighted by atomic mass is 9.75. The normalized spacial score (nSPS) is 30.9. The van der Waals surface area contributed by atoms with Gasteiger partial charge in [0.05, 0.1) is 0 Å². The molecule has 0 N–H and O–H groups in total. The van der Waals surface area contributed by atoms with Crippen LogP contribution in [0, 0.1) is 17.3 Å². The second kappa shape index (κ2) is 4.46. The molecule has 2 aliphatic heterocycles. The zero-order chi connectivity index (χ0) is 14.6. The Labute approximate surface area is 120 Å². The zero-order valence-electron chi connectivity index (χ0n) is 14.4. The molecule has 0 spiro atoms. The van der Waals surface area contributed by atoms with E-state index in [-0.39, 0.29) is 0 Å². The molecule has 2 atom stereocenters. The lowest BCUT2D eigenvalue weighted by Gasteiger charge is -2.47. The number of hydrogen-bond donors (Lipinski definition) is 0. The van der Waals surface area contributed by atoms with Crippen molar-refractivity contribution in [3.8, 4) is 0 Å². The van der Waals surface area contributed by atoms with Gasteiger partial charge >= 0.3 is 0 Å². The molecule has 0 aromatic rings. The molecule has 2 fully saturated rings. The van der Waals surface area contributed by atoms with Crippen LogP contribution in [0.15, 0.2) is 0 Å². The lowest BCUT2D eigenvalue weighted by Crippen LogP contribution is -2.53. The Hall–Kier alpha value is -0.0800. The Bertz CT molecular complexity index is 318. The second-order valence-electron chi connectivity index (χ2n) is 9.31. The first kappa shape index (κ1) is 15.3. The third-order valence-corrected chi connectivity index (χ3v) is 6.06. The monoisotopic (exact) mass is 266 g/mol. The predicted octanol–water partition coefficient (Wildman–Crippen LogP) is 3.47. The molecule has 0 aromatic carbocycles. The quantitative estimate of drug-likeness (QED) is 0.717. The highest BCUT2D eigenvalue weighted by Gasteiger charge is 2.48. The molecule has 0 aromatic heterocycles. The van der Waals surface area contributed by atoms with Crippen LogP contribution in [0.3, 0.4) is 0 Å². The van der Waals surface area contributed by atoms with Crippen LogP contribution < -0.4 is 0 Å². The van der Waals surface area contributed by atoms with Gasteiger partial charge in [-0.05, 0) is 51.9 Å². The zero-order valence-corrected chi connectivity index (χ0v) is 14.4. The summed E-state index contributed by atoms with van der Waals surface area (Å²) >= 11 is 0. The van der Waals surface area contributed by atoms with Crippen molar-refractivity contribution in [2.24, 2.45) is 17.3 Å². The highest BCUT2D eigenvalue weighted by molar-refractivity contribution is 5.02. The van der Waals surface area contributed by atoms with Crippen LogP contribution >= 0.6 is 0 Å². The van der Waals surface area contributed by atoms with Gasteiger partial charge in [0.25, 0.3) is 0 Å². The highest BCUT2D eigenvalue weighted by atomic mass is 15.3. The van der Waals surface area contributed by atoms with Crippen LogP contribution in [0.25, 0.3) is 0 Å². The maximum atomic E-state index is 2.75. The number of rotatable bonds is 1. The van der Waals surface area contributed by atoms with Crippen molar-refractivity contribution in [3.05, 3.63) is 0 Å². The molecule has 2 nitrogen and oxygen atoms in total. The van der Waals surface area contributed by atoms with Crippen LogP contribution in [0.1, 0.15) is 55.4 Å². The standard InChI is InChI=1S/C17H34N2/c1-15(2,3)17(7,8)19-11-13-9-18(16(4,5)6)10-14(13)12-19/h13-14H,9-12H2,1-8H3/t13-,14+. The van der Waals surface area contributed by atoms with Gasteiger partial charge in [0, 0.05) is 37.3 Å². The molecule has 0 aliphatic carbocycles. The largest absolute Gasteiger partial charge is 0.298 e. The van der Waals surface area contributed by atoms with E-state index in [1.807, 2.05) is 0 Å². The number of fused-ring (bicyclic) bond motifs is 1. The molecule has 0 saturated carbocycles. The van der Waals surface area contributed by atoms with E-state index in [1.54, 1.807) is 0 Å². The number of likely N-dealkylation sites (tertiary alicyclic amines) is 2. The van der Waals surface area contributed by atoms with E-state index < -0.39 is 0 Å². The fourth-order valence-corrected chi connectivity index (χ4v) is 3.47. The summed E-state index contributed by atoms with van der Waals surface area (Å²) in [5, 5.41) is 0. The van der Waals surface area contributed by atoms with E-state index in [9.17, 15) is 0 Å². The van der Waals surface area contributed by atoms with Crippen molar-refractivity contribution in [2.45, 2.75) is 66.5 Å². The van der Waals surface area contributed by atoms with E-state index >= 15 is 0 Å². The first-order chi connectivity index (χ1) is 8.43. The van der Waals surface area contributed by atoms with Crippen LogP contribution in [0.2, 0.25) is 0 Å². The molecule has 112 valence electrons. The summed E-state index contributed by atoms with van der Waals surface area (Å²) in [5.74, 6) is 1.78. The topological polar surface area (TPSA) is 6.48 Å². The Morgan fingerprint density at radius 1 is 0.632 bits per heavy atom. The fraction of sp³-hybridized carbons (Fsp3) is 1.00. The van der Waals surface area contributed by atoms with Gasteiger partial charge in [-0.2, -0.15) is 0 Å². The average molecular weight is 266 g/mol. The Morgan fingerprint density at radius 3 is 1.32 bits per heavy atom. The van der Waals surface area contributed by atoms with Crippen LogP contribution in [-0.4, -0.2) is 47.1 Å². The van der Waals surface area contributed by atoms with Crippen LogP contribution in [-0.2, 0) is 0 Å². The molecule has 2 aliphatic rings. The number of hydrogen-bond acceptors (Lipinski definition) is 2. The van der Waals surface area contributed by atoms with Crippen molar-refractivity contribution in [2.75, 3.05) is 26.2 Å². The van der Waals surface area contributed by atoms with Gasteiger partial charge in [-0.1, -0.05) is 20.8 Å². The minimum Gasteiger partial charge on any atom is -0.298 e. The third kappa shape index (κ3) is 2.71. The van der Waals surface area contributed by atoms with Crippen molar-refractivity contribution >= 4 is 0 Å². The van der Waals surface area contributed by atoms with Gasteiger partial charge in [-0.15, -0.1) is 0 Å². The fourth-order valence-electron chi connectivity index (χ4n) is 3.47. The molecular formula is C17H34N2. The van der Waals surface area contributed by atoms with E-state index in [0.29, 0.717) is 16.5 Å². The Morgan fingerprint density at radius 2 is 1.00 bits per heavy atom. The molecule has 19 heavy (non-hydrogen) atoms. The summed E-state index contributed by atoms with van der Waals surface area (Å²) in [7, 11) is 0. The second-order valence-corrected chi connectivity index (χ2v) is 9.31. The van der Waals surface area contributed by atoms with E-state index in [4.69, 9.17) is 0 Å². The summed E-state index contributed by atoms with van der Waals surface area (Å²) in [5.41, 5.74) is 0.980. The first-order valence-corrected chi connectivity index (χ1v) is 7.93. The molecule has 2 rings (SSSR count).